The third kappa shape index (κ3) is 2.33. The Morgan fingerprint density at radius 1 is 1.50 bits per heavy atom. The molecule has 0 spiro atoms. The highest BCUT2D eigenvalue weighted by atomic mass is 32.1. The molecule has 16 heavy (non-hydrogen) atoms. The first-order chi connectivity index (χ1) is 7.66. The number of thiophene rings is 1. The molecule has 0 saturated heterocycles. The van der Waals surface area contributed by atoms with Gasteiger partial charge in [0.2, 0.25) is 0 Å². The van der Waals surface area contributed by atoms with E-state index in [2.05, 4.69) is 10.3 Å². The quantitative estimate of drug-likeness (QED) is 0.842. The third-order valence-corrected chi connectivity index (χ3v) is 3.66. The Hall–Kier alpha value is -1.55. The van der Waals surface area contributed by atoms with Gasteiger partial charge in [-0.3, -0.25) is 4.79 Å². The van der Waals surface area contributed by atoms with Crippen LogP contribution in [0.5, 0.6) is 0 Å². The fourth-order valence-electron chi connectivity index (χ4n) is 1.42. The van der Waals surface area contributed by atoms with Gasteiger partial charge in [-0.25, -0.2) is 0 Å². The number of nitrogens with one attached hydrogen (secondary N) is 2. The van der Waals surface area contributed by atoms with Crippen LogP contribution in [-0.2, 0) is 6.54 Å². The Morgan fingerprint density at radius 2 is 2.31 bits per heavy atom. The van der Waals surface area contributed by atoms with Gasteiger partial charge < -0.3 is 10.3 Å². The lowest BCUT2D eigenvalue weighted by Gasteiger charge is -2.00. The van der Waals surface area contributed by atoms with Crippen molar-refractivity contribution in [1.82, 2.24) is 10.3 Å². The number of hydrogen-bond donors (Lipinski definition) is 2. The molecule has 84 valence electrons. The Balaban J connectivity index is 1.98. The fraction of sp³-hybridized carbons (Fsp3) is 0.250. The van der Waals surface area contributed by atoms with Gasteiger partial charge in [-0.15, -0.1) is 11.3 Å². The molecule has 2 rings (SSSR count). The van der Waals surface area contributed by atoms with Gasteiger partial charge in [-0.05, 0) is 37.1 Å². The zero-order valence-electron chi connectivity index (χ0n) is 9.33. The van der Waals surface area contributed by atoms with Crippen LogP contribution in [0.25, 0.3) is 0 Å². The standard InChI is InChI=1S/C12H14N2OS/c1-8-5-11(16-9(8)2)12(15)14-7-10-3-4-13-6-10/h3-6,13H,7H2,1-2H3,(H,14,15). The van der Waals surface area contributed by atoms with E-state index in [1.54, 1.807) is 0 Å². The molecular weight excluding hydrogens is 220 g/mol. The molecule has 2 N–H and O–H groups in total. The van der Waals surface area contributed by atoms with Crippen molar-refractivity contribution >= 4 is 17.2 Å². The molecule has 0 bridgehead atoms. The Labute approximate surface area is 98.5 Å². The maximum Gasteiger partial charge on any atom is 0.261 e. The predicted octanol–water partition coefficient (Wildman–Crippen LogP) is 2.62. The molecule has 4 heteroatoms. The summed E-state index contributed by atoms with van der Waals surface area (Å²) in [6.45, 7) is 4.62. The van der Waals surface area contributed by atoms with Crippen molar-refractivity contribution < 1.29 is 4.79 Å². The number of carbonyl (C=O) groups is 1. The number of hydrogen-bond acceptors (Lipinski definition) is 2. The first-order valence-electron chi connectivity index (χ1n) is 5.13. The van der Waals surface area contributed by atoms with Gasteiger partial charge in [0.25, 0.3) is 5.91 Å². The highest BCUT2D eigenvalue weighted by Crippen LogP contribution is 2.20. The minimum absolute atomic E-state index is 0.00222. The fourth-order valence-corrected chi connectivity index (χ4v) is 2.37. The first kappa shape index (κ1) is 11.0. The molecular formula is C12H14N2OS. The summed E-state index contributed by atoms with van der Waals surface area (Å²) in [5, 5.41) is 2.89. The third-order valence-electron chi connectivity index (χ3n) is 2.51. The van der Waals surface area contributed by atoms with E-state index in [1.807, 2.05) is 38.4 Å². The van der Waals surface area contributed by atoms with E-state index in [1.165, 1.54) is 21.8 Å². The highest BCUT2D eigenvalue weighted by Gasteiger charge is 2.09. The number of amides is 1. The van der Waals surface area contributed by atoms with Gasteiger partial charge in [-0.2, -0.15) is 0 Å². The molecule has 2 aromatic heterocycles. The lowest BCUT2D eigenvalue weighted by atomic mass is 10.3. The number of aromatic nitrogens is 1. The molecule has 0 aliphatic carbocycles. The Bertz CT molecular complexity index is 466. The van der Waals surface area contributed by atoms with Crippen LogP contribution in [0.15, 0.2) is 24.5 Å². The average Bonchev–Trinajstić information content (AvgIpc) is 2.86. The van der Waals surface area contributed by atoms with Gasteiger partial charge in [-0.1, -0.05) is 0 Å². The summed E-state index contributed by atoms with van der Waals surface area (Å²) in [4.78, 5) is 16.7. The normalized spacial score (nSPS) is 10.4. The number of H-pyrrole nitrogens is 1. The van der Waals surface area contributed by atoms with Crippen molar-refractivity contribution in [2.45, 2.75) is 20.4 Å². The SMILES string of the molecule is Cc1cc(C(=O)NCc2cc[nH]c2)sc1C. The van der Waals surface area contributed by atoms with Crippen molar-refractivity contribution in [2.75, 3.05) is 0 Å². The summed E-state index contributed by atoms with van der Waals surface area (Å²) in [5.41, 5.74) is 2.26. The van der Waals surface area contributed by atoms with Gasteiger partial charge in [0, 0.05) is 23.8 Å². The maximum atomic E-state index is 11.8. The van der Waals surface area contributed by atoms with E-state index in [4.69, 9.17) is 0 Å². The van der Waals surface area contributed by atoms with Crippen molar-refractivity contribution in [3.8, 4) is 0 Å². The molecule has 1 amide bonds. The van der Waals surface area contributed by atoms with E-state index in [0.717, 1.165) is 10.4 Å². The molecule has 0 aliphatic heterocycles. The van der Waals surface area contributed by atoms with E-state index >= 15 is 0 Å². The van der Waals surface area contributed by atoms with Gasteiger partial charge in [0.15, 0.2) is 0 Å². The second kappa shape index (κ2) is 4.53. The molecule has 0 aromatic carbocycles. The Kier molecular flexibility index (Phi) is 3.10. The van der Waals surface area contributed by atoms with Crippen molar-refractivity contribution in [3.63, 3.8) is 0 Å². The van der Waals surface area contributed by atoms with Crippen molar-refractivity contribution in [3.05, 3.63) is 45.4 Å². The van der Waals surface area contributed by atoms with Crippen LogP contribution < -0.4 is 5.32 Å². The zero-order valence-corrected chi connectivity index (χ0v) is 10.1. The van der Waals surface area contributed by atoms with E-state index in [9.17, 15) is 4.79 Å². The van der Waals surface area contributed by atoms with Crippen LogP contribution in [0.3, 0.4) is 0 Å². The zero-order chi connectivity index (χ0) is 11.5. The van der Waals surface area contributed by atoms with E-state index < -0.39 is 0 Å². The molecule has 0 fully saturated rings. The average molecular weight is 234 g/mol. The maximum absolute atomic E-state index is 11.8. The topological polar surface area (TPSA) is 44.9 Å². The molecule has 0 aliphatic rings. The van der Waals surface area contributed by atoms with E-state index in [0.29, 0.717) is 6.54 Å². The predicted molar refractivity (Wildman–Crippen MR) is 65.8 cm³/mol. The van der Waals surface area contributed by atoms with Gasteiger partial charge in [0.1, 0.15) is 0 Å². The number of carbonyl (C=O) groups excluding carboxylic acids is 1. The van der Waals surface area contributed by atoms with Crippen LogP contribution in [0.1, 0.15) is 25.7 Å². The van der Waals surface area contributed by atoms with Crippen LogP contribution >= 0.6 is 11.3 Å². The summed E-state index contributed by atoms with van der Waals surface area (Å²) >= 11 is 1.54. The number of aromatic amines is 1. The number of rotatable bonds is 3. The van der Waals surface area contributed by atoms with Crippen LogP contribution in [0.2, 0.25) is 0 Å². The smallest absolute Gasteiger partial charge is 0.261 e. The second-order valence-corrected chi connectivity index (χ2v) is 5.01. The largest absolute Gasteiger partial charge is 0.367 e. The summed E-state index contributed by atoms with van der Waals surface area (Å²) < 4.78 is 0. The van der Waals surface area contributed by atoms with Crippen molar-refractivity contribution in [1.29, 1.82) is 0 Å². The molecule has 0 radical (unpaired) electrons. The molecule has 2 aromatic rings. The minimum Gasteiger partial charge on any atom is -0.367 e. The lowest BCUT2D eigenvalue weighted by molar-refractivity contribution is 0.0955. The lowest BCUT2D eigenvalue weighted by Crippen LogP contribution is -2.21. The summed E-state index contributed by atoms with van der Waals surface area (Å²) in [7, 11) is 0. The molecule has 0 saturated carbocycles. The summed E-state index contributed by atoms with van der Waals surface area (Å²) in [6.07, 6.45) is 3.73. The molecule has 2 heterocycles. The van der Waals surface area contributed by atoms with Crippen LogP contribution in [0.4, 0.5) is 0 Å². The molecule has 3 nitrogen and oxygen atoms in total. The summed E-state index contributed by atoms with van der Waals surface area (Å²) in [5.74, 6) is 0.00222. The monoisotopic (exact) mass is 234 g/mol. The Morgan fingerprint density at radius 3 is 2.88 bits per heavy atom. The van der Waals surface area contributed by atoms with Gasteiger partial charge in [0.05, 0.1) is 4.88 Å². The van der Waals surface area contributed by atoms with Crippen LogP contribution in [0, 0.1) is 13.8 Å². The van der Waals surface area contributed by atoms with Crippen molar-refractivity contribution in [2.24, 2.45) is 0 Å². The van der Waals surface area contributed by atoms with E-state index in [-0.39, 0.29) is 5.91 Å². The minimum atomic E-state index is 0.00222. The highest BCUT2D eigenvalue weighted by molar-refractivity contribution is 7.14. The summed E-state index contributed by atoms with van der Waals surface area (Å²) in [6, 6.07) is 3.89. The molecule has 0 unspecified atom stereocenters. The number of aryl methyl sites for hydroxylation is 2. The van der Waals surface area contributed by atoms with Crippen LogP contribution in [-0.4, -0.2) is 10.9 Å². The second-order valence-electron chi connectivity index (χ2n) is 3.75. The van der Waals surface area contributed by atoms with Gasteiger partial charge >= 0.3 is 0 Å². The first-order valence-corrected chi connectivity index (χ1v) is 5.95. The molecule has 0 atom stereocenters.